The summed E-state index contributed by atoms with van der Waals surface area (Å²) in [5.41, 5.74) is 2.89. The van der Waals surface area contributed by atoms with Gasteiger partial charge in [-0.3, -0.25) is 0 Å². The second kappa shape index (κ2) is 9.02. The van der Waals surface area contributed by atoms with Crippen molar-refractivity contribution in [3.8, 4) is 17.1 Å². The lowest BCUT2D eigenvalue weighted by atomic mass is 9.98. The Hall–Kier alpha value is -2.64. The minimum atomic E-state index is -0.285. The van der Waals surface area contributed by atoms with Crippen LogP contribution in [0.1, 0.15) is 56.8 Å². The van der Waals surface area contributed by atoms with Crippen LogP contribution in [-0.4, -0.2) is 50.2 Å². The van der Waals surface area contributed by atoms with E-state index in [0.717, 1.165) is 49.5 Å². The Labute approximate surface area is 177 Å². The molecule has 2 aromatic heterocycles. The smallest absolute Gasteiger partial charge is 0.410 e. The van der Waals surface area contributed by atoms with Gasteiger partial charge in [-0.05, 0) is 57.1 Å². The van der Waals surface area contributed by atoms with Gasteiger partial charge in [0.15, 0.2) is 0 Å². The Morgan fingerprint density at radius 3 is 2.70 bits per heavy atom. The van der Waals surface area contributed by atoms with E-state index in [1.807, 2.05) is 19.1 Å². The Bertz CT molecular complexity index is 891. The van der Waals surface area contributed by atoms with E-state index in [1.165, 1.54) is 19.3 Å². The van der Waals surface area contributed by atoms with Crippen LogP contribution in [0.25, 0.3) is 11.4 Å². The lowest BCUT2D eigenvalue weighted by molar-refractivity contribution is 0.101. The van der Waals surface area contributed by atoms with Gasteiger partial charge in [-0.1, -0.05) is 18.6 Å². The van der Waals surface area contributed by atoms with Crippen molar-refractivity contribution in [3.05, 3.63) is 23.5 Å². The van der Waals surface area contributed by atoms with Gasteiger partial charge in [-0.25, -0.2) is 14.5 Å². The first kappa shape index (κ1) is 20.6. The lowest BCUT2D eigenvalue weighted by Crippen LogP contribution is -2.29. The number of likely N-dealkylation sites (tertiary alicyclic amines) is 1. The summed E-state index contributed by atoms with van der Waals surface area (Å²) in [5, 5.41) is 8.38. The fourth-order valence-corrected chi connectivity index (χ4v) is 4.23. The molecule has 1 atom stereocenters. The van der Waals surface area contributed by atoms with Crippen LogP contribution in [0.5, 0.6) is 5.75 Å². The minimum absolute atomic E-state index is 0.115. The van der Waals surface area contributed by atoms with E-state index in [1.54, 1.807) is 16.6 Å². The number of hydrogen-bond donors (Lipinski definition) is 0. The summed E-state index contributed by atoms with van der Waals surface area (Å²) in [6.45, 7) is 5.71. The van der Waals surface area contributed by atoms with Gasteiger partial charge in [0.1, 0.15) is 23.7 Å². The SMILES string of the molecule is Cc1nc(-c2nnn(C)c2COC(=O)N2CCC(C)C2)ccc1OC1CCCCC1. The van der Waals surface area contributed by atoms with E-state index in [4.69, 9.17) is 14.5 Å². The Morgan fingerprint density at radius 2 is 2.00 bits per heavy atom. The van der Waals surface area contributed by atoms with Crippen LogP contribution in [0, 0.1) is 12.8 Å². The summed E-state index contributed by atoms with van der Waals surface area (Å²) >= 11 is 0. The highest BCUT2D eigenvalue weighted by molar-refractivity contribution is 5.68. The number of rotatable bonds is 5. The number of aromatic nitrogens is 4. The molecule has 1 aliphatic heterocycles. The van der Waals surface area contributed by atoms with E-state index in [2.05, 4.69) is 17.2 Å². The van der Waals surface area contributed by atoms with Gasteiger partial charge in [0.2, 0.25) is 0 Å². The van der Waals surface area contributed by atoms with Gasteiger partial charge < -0.3 is 14.4 Å². The van der Waals surface area contributed by atoms with Crippen LogP contribution >= 0.6 is 0 Å². The first-order valence-corrected chi connectivity index (χ1v) is 11.0. The summed E-state index contributed by atoms with van der Waals surface area (Å²) in [6.07, 6.45) is 6.99. The zero-order chi connectivity index (χ0) is 21.1. The van der Waals surface area contributed by atoms with Crippen molar-refractivity contribution in [2.24, 2.45) is 13.0 Å². The molecule has 8 heteroatoms. The lowest BCUT2D eigenvalue weighted by Gasteiger charge is -2.23. The Kier molecular flexibility index (Phi) is 6.20. The largest absolute Gasteiger partial charge is 0.489 e. The maximum Gasteiger partial charge on any atom is 0.410 e. The van der Waals surface area contributed by atoms with Gasteiger partial charge in [0.25, 0.3) is 0 Å². The molecule has 0 radical (unpaired) electrons. The second-order valence-electron chi connectivity index (χ2n) is 8.56. The number of carbonyl (C=O) groups is 1. The number of ether oxygens (including phenoxy) is 2. The summed E-state index contributed by atoms with van der Waals surface area (Å²) in [7, 11) is 1.80. The average molecular weight is 414 g/mol. The second-order valence-corrected chi connectivity index (χ2v) is 8.56. The standard InChI is InChI=1S/C22H31N5O3/c1-15-11-12-27(13-15)22(28)29-14-19-21(24-25-26(19)3)18-9-10-20(16(2)23-18)30-17-7-5-4-6-8-17/h9-10,15,17H,4-8,11-14H2,1-3H3. The molecule has 4 rings (SSSR count). The number of nitrogens with zero attached hydrogens (tertiary/aromatic N) is 5. The van der Waals surface area contributed by atoms with E-state index in [9.17, 15) is 4.79 Å². The highest BCUT2D eigenvalue weighted by Gasteiger charge is 2.25. The quantitative estimate of drug-likeness (QED) is 0.740. The third kappa shape index (κ3) is 4.57. The third-order valence-electron chi connectivity index (χ3n) is 6.08. The summed E-state index contributed by atoms with van der Waals surface area (Å²) < 4.78 is 13.4. The normalized spacial score (nSPS) is 19.8. The third-order valence-corrected chi connectivity index (χ3v) is 6.08. The van der Waals surface area contributed by atoms with Crippen LogP contribution in [-0.2, 0) is 18.4 Å². The van der Waals surface area contributed by atoms with Gasteiger partial charge in [-0.15, -0.1) is 5.10 Å². The summed E-state index contributed by atoms with van der Waals surface area (Å²) in [4.78, 5) is 18.8. The molecule has 2 aromatic rings. The highest BCUT2D eigenvalue weighted by atomic mass is 16.6. The maximum absolute atomic E-state index is 12.4. The van der Waals surface area contributed by atoms with E-state index in [-0.39, 0.29) is 18.8 Å². The van der Waals surface area contributed by atoms with Crippen molar-refractivity contribution in [2.45, 2.75) is 65.1 Å². The molecule has 0 N–H and O–H groups in total. The number of amides is 1. The predicted molar refractivity (Wildman–Crippen MR) is 112 cm³/mol. The van der Waals surface area contributed by atoms with Crippen molar-refractivity contribution in [3.63, 3.8) is 0 Å². The predicted octanol–water partition coefficient (Wildman–Crippen LogP) is 3.88. The molecule has 1 aliphatic carbocycles. The molecular weight excluding hydrogens is 382 g/mol. The molecule has 0 spiro atoms. The molecule has 3 heterocycles. The average Bonchev–Trinajstić information content (AvgIpc) is 3.34. The molecule has 1 amide bonds. The zero-order valence-electron chi connectivity index (χ0n) is 18.1. The molecule has 8 nitrogen and oxygen atoms in total. The van der Waals surface area contributed by atoms with Crippen LogP contribution in [0.2, 0.25) is 0 Å². The highest BCUT2D eigenvalue weighted by Crippen LogP contribution is 2.28. The fraction of sp³-hybridized carbons (Fsp3) is 0.636. The number of pyridine rings is 1. The van der Waals surface area contributed by atoms with Crippen molar-refractivity contribution >= 4 is 6.09 Å². The van der Waals surface area contributed by atoms with E-state index in [0.29, 0.717) is 17.3 Å². The van der Waals surface area contributed by atoms with Crippen LogP contribution in [0.3, 0.4) is 0 Å². The van der Waals surface area contributed by atoms with Crippen molar-refractivity contribution < 1.29 is 14.3 Å². The molecular formula is C22H31N5O3. The van der Waals surface area contributed by atoms with Gasteiger partial charge in [0, 0.05) is 20.1 Å². The fourth-order valence-electron chi connectivity index (χ4n) is 4.23. The topological polar surface area (TPSA) is 82.4 Å². The van der Waals surface area contributed by atoms with E-state index < -0.39 is 0 Å². The number of aryl methyl sites for hydroxylation is 2. The molecule has 1 saturated heterocycles. The molecule has 0 aromatic carbocycles. The maximum atomic E-state index is 12.4. The summed E-state index contributed by atoms with van der Waals surface area (Å²) in [6, 6.07) is 3.87. The molecule has 1 unspecified atom stereocenters. The van der Waals surface area contributed by atoms with Gasteiger partial charge >= 0.3 is 6.09 Å². The molecule has 0 bridgehead atoms. The van der Waals surface area contributed by atoms with Crippen molar-refractivity contribution in [1.29, 1.82) is 0 Å². The first-order valence-electron chi connectivity index (χ1n) is 11.0. The van der Waals surface area contributed by atoms with E-state index >= 15 is 0 Å². The van der Waals surface area contributed by atoms with Crippen molar-refractivity contribution in [2.75, 3.05) is 13.1 Å². The number of carbonyl (C=O) groups excluding carboxylic acids is 1. The molecule has 1 saturated carbocycles. The van der Waals surface area contributed by atoms with Crippen LogP contribution < -0.4 is 4.74 Å². The Morgan fingerprint density at radius 1 is 1.20 bits per heavy atom. The van der Waals surface area contributed by atoms with Crippen molar-refractivity contribution in [1.82, 2.24) is 24.9 Å². The Balaban J connectivity index is 1.45. The zero-order valence-corrected chi connectivity index (χ0v) is 18.1. The monoisotopic (exact) mass is 413 g/mol. The molecule has 162 valence electrons. The van der Waals surface area contributed by atoms with Gasteiger partial charge in [0.05, 0.1) is 17.5 Å². The van der Waals surface area contributed by atoms with Gasteiger partial charge in [-0.2, -0.15) is 0 Å². The number of hydrogen-bond acceptors (Lipinski definition) is 6. The molecule has 2 fully saturated rings. The summed E-state index contributed by atoms with van der Waals surface area (Å²) in [5.74, 6) is 1.35. The van der Waals surface area contributed by atoms with Crippen LogP contribution in [0.15, 0.2) is 12.1 Å². The minimum Gasteiger partial charge on any atom is -0.489 e. The van der Waals surface area contributed by atoms with Crippen LogP contribution in [0.4, 0.5) is 4.79 Å². The molecule has 30 heavy (non-hydrogen) atoms. The molecule has 2 aliphatic rings. The first-order chi connectivity index (χ1) is 14.5.